The Morgan fingerprint density at radius 3 is 0.833 bits per heavy atom. The molecule has 0 nitrogen and oxygen atoms in total. The van der Waals surface area contributed by atoms with Gasteiger partial charge in [-0.15, -0.1) is 0 Å². The van der Waals surface area contributed by atoms with Gasteiger partial charge in [0.05, 0.1) is 8.47 Å². The first-order valence-electron chi connectivity index (χ1n) is 8.91. The molecule has 4 aromatic heterocycles. The van der Waals surface area contributed by atoms with Crippen LogP contribution in [0, 0.1) is 0 Å². The molecular weight excluding hydrogens is 521 g/mol. The molecule has 0 unspecified atom stereocenters. The number of hydrogen-bond donors (Lipinski definition) is 0. The Balaban J connectivity index is 1.39. The van der Waals surface area contributed by atoms with E-state index in [1.165, 1.54) is 50.3 Å². The molecule has 0 aromatic carbocycles. The van der Waals surface area contributed by atoms with E-state index >= 15 is 0 Å². The molecule has 8 heteroatoms. The van der Waals surface area contributed by atoms with Gasteiger partial charge in [0.15, 0.2) is 0 Å². The lowest BCUT2D eigenvalue weighted by Crippen LogP contribution is -1.76. The number of rotatable bonds is 4. The fourth-order valence-corrected chi connectivity index (χ4v) is 11.7. The summed E-state index contributed by atoms with van der Waals surface area (Å²) in [5.41, 5.74) is 5.36. The lowest BCUT2D eigenvalue weighted by molar-refractivity contribution is 1.83. The zero-order chi connectivity index (χ0) is 19.9. The zero-order valence-corrected chi connectivity index (χ0v) is 21.7. The summed E-state index contributed by atoms with van der Waals surface area (Å²) >= 11 is 14.8. The summed E-state index contributed by atoms with van der Waals surface area (Å²) in [5, 5.41) is 17.8. The molecule has 0 N–H and O–H groups in total. The molecule has 0 aliphatic carbocycles. The van der Waals surface area contributed by atoms with Gasteiger partial charge in [-0.1, -0.05) is 47.0 Å². The maximum Gasteiger partial charge on any atom is 0.0707 e. The third kappa shape index (κ3) is 3.75. The predicted octanol–water partition coefficient (Wildman–Crippen LogP) is 10.4. The fraction of sp³-hybridized carbons (Fsp3) is 0. The second kappa shape index (κ2) is 8.75. The Bertz CT molecular complexity index is 1050. The van der Waals surface area contributed by atoms with Crippen molar-refractivity contribution in [2.75, 3.05) is 0 Å². The fourth-order valence-electron chi connectivity index (χ4n) is 3.10. The summed E-state index contributed by atoms with van der Waals surface area (Å²) in [6.07, 6.45) is 0. The predicted molar refractivity (Wildman–Crippen MR) is 148 cm³/mol. The lowest BCUT2D eigenvalue weighted by atomic mass is 10.2. The second-order valence-corrected chi connectivity index (χ2v) is 14.1. The van der Waals surface area contributed by atoms with Crippen LogP contribution in [0.25, 0.3) is 19.6 Å². The third-order valence-corrected chi connectivity index (χ3v) is 13.1. The first-order valence-corrected chi connectivity index (χ1v) is 15.9. The Morgan fingerprint density at radius 1 is 0.367 bits per heavy atom. The highest BCUT2D eigenvalue weighted by molar-refractivity contribution is 8.39. The van der Waals surface area contributed by atoms with Gasteiger partial charge in [0.2, 0.25) is 0 Å². The van der Waals surface area contributed by atoms with Crippen molar-refractivity contribution < 1.29 is 0 Å². The second-order valence-electron chi connectivity index (χ2n) is 6.35. The molecule has 0 bridgehead atoms. The van der Waals surface area contributed by atoms with Gasteiger partial charge in [0.25, 0.3) is 0 Å². The standard InChI is InChI=1S/C22H12S8/c1-5-23-9-13(1)17-18(14-2-6-24-10-14)28-21(27-17)22-29-19(15-3-7-25-11-15)20(30-22)16-4-8-26-12-16/h1-12H. The molecular formula is C22H12S8. The minimum atomic E-state index is 1.34. The Kier molecular flexibility index (Phi) is 5.85. The summed E-state index contributed by atoms with van der Waals surface area (Å²) in [6, 6.07) is 8.98. The van der Waals surface area contributed by atoms with Crippen LogP contribution in [0.5, 0.6) is 0 Å². The minimum absolute atomic E-state index is 1.34. The van der Waals surface area contributed by atoms with Crippen molar-refractivity contribution in [1.29, 1.82) is 0 Å². The van der Waals surface area contributed by atoms with Gasteiger partial charge in [0, 0.05) is 41.9 Å². The van der Waals surface area contributed by atoms with E-state index < -0.39 is 0 Å². The Morgan fingerprint density at radius 2 is 0.633 bits per heavy atom. The molecule has 0 amide bonds. The van der Waals surface area contributed by atoms with E-state index in [1.54, 1.807) is 45.3 Å². The van der Waals surface area contributed by atoms with Gasteiger partial charge >= 0.3 is 0 Å². The van der Waals surface area contributed by atoms with E-state index in [9.17, 15) is 0 Å². The molecule has 148 valence electrons. The number of thioether (sulfide) groups is 4. The molecule has 0 fully saturated rings. The maximum absolute atomic E-state index is 2.27. The van der Waals surface area contributed by atoms with Crippen molar-refractivity contribution in [2.45, 2.75) is 0 Å². The van der Waals surface area contributed by atoms with Crippen molar-refractivity contribution in [3.05, 3.63) is 98.0 Å². The van der Waals surface area contributed by atoms with Gasteiger partial charge in [-0.2, -0.15) is 45.3 Å². The monoisotopic (exact) mass is 532 g/mol. The molecule has 0 saturated heterocycles. The first kappa shape index (κ1) is 20.1. The summed E-state index contributed by atoms with van der Waals surface area (Å²) in [7, 11) is 0. The van der Waals surface area contributed by atoms with Crippen LogP contribution < -0.4 is 0 Å². The molecule has 2 aliphatic heterocycles. The SMILES string of the molecule is c1cc(C2=C(c3ccsc3)SC(=C3SC(c4ccsc4)=C(c4ccsc4)S3)S2)cs1. The maximum atomic E-state index is 2.27. The van der Waals surface area contributed by atoms with Crippen LogP contribution in [-0.4, -0.2) is 0 Å². The Labute approximate surface area is 208 Å². The zero-order valence-electron chi connectivity index (χ0n) is 15.2. The topological polar surface area (TPSA) is 0 Å². The van der Waals surface area contributed by atoms with Crippen LogP contribution in [-0.2, 0) is 0 Å². The first-order chi connectivity index (χ1) is 14.9. The lowest BCUT2D eigenvalue weighted by Gasteiger charge is -2.02. The summed E-state index contributed by atoms with van der Waals surface area (Å²) in [4.78, 5) is 5.57. The van der Waals surface area contributed by atoms with Crippen molar-refractivity contribution in [1.82, 2.24) is 0 Å². The molecule has 30 heavy (non-hydrogen) atoms. The smallest absolute Gasteiger partial charge is 0.0707 e. The van der Waals surface area contributed by atoms with Crippen LogP contribution in [0.15, 0.2) is 75.8 Å². The van der Waals surface area contributed by atoms with Crippen molar-refractivity contribution >= 4 is 112 Å². The van der Waals surface area contributed by atoms with Gasteiger partial charge in [-0.05, 0) is 67.3 Å². The van der Waals surface area contributed by atoms with Crippen LogP contribution in [0.3, 0.4) is 0 Å². The van der Waals surface area contributed by atoms with Crippen LogP contribution in [0.1, 0.15) is 22.3 Å². The average Bonchev–Trinajstić information content (AvgIpc) is 3.62. The molecule has 4 aromatic rings. The number of hydrogen-bond acceptors (Lipinski definition) is 8. The summed E-state index contributed by atoms with van der Waals surface area (Å²) in [6.45, 7) is 0. The largest absolute Gasteiger partial charge is 0.152 e. The quantitative estimate of drug-likeness (QED) is 0.256. The highest BCUT2D eigenvalue weighted by atomic mass is 32.2. The molecule has 0 atom stereocenters. The molecule has 6 heterocycles. The third-order valence-electron chi connectivity index (χ3n) is 4.49. The normalized spacial score (nSPS) is 17.1. The number of thiophene rings is 4. The van der Waals surface area contributed by atoms with E-state index in [2.05, 4.69) is 67.3 Å². The van der Waals surface area contributed by atoms with Gasteiger partial charge < -0.3 is 0 Å². The molecule has 0 radical (unpaired) electrons. The van der Waals surface area contributed by atoms with Crippen molar-refractivity contribution in [3.63, 3.8) is 0 Å². The highest BCUT2D eigenvalue weighted by Crippen LogP contribution is 2.66. The molecule has 6 rings (SSSR count). The Hall–Kier alpha value is -0.580. The average molecular weight is 533 g/mol. The summed E-state index contributed by atoms with van der Waals surface area (Å²) < 4.78 is 2.82. The van der Waals surface area contributed by atoms with Gasteiger partial charge in [0.1, 0.15) is 0 Å². The van der Waals surface area contributed by atoms with E-state index in [0.717, 1.165) is 0 Å². The molecule has 0 saturated carbocycles. The molecule has 0 spiro atoms. The van der Waals surface area contributed by atoms with Gasteiger partial charge in [-0.25, -0.2) is 0 Å². The van der Waals surface area contributed by atoms with Crippen molar-refractivity contribution in [2.24, 2.45) is 0 Å². The molecule has 2 aliphatic rings. The van der Waals surface area contributed by atoms with E-state index in [4.69, 9.17) is 0 Å². The van der Waals surface area contributed by atoms with Crippen LogP contribution >= 0.6 is 92.4 Å². The van der Waals surface area contributed by atoms with E-state index in [1.807, 2.05) is 47.0 Å². The summed E-state index contributed by atoms with van der Waals surface area (Å²) in [5.74, 6) is 0. The van der Waals surface area contributed by atoms with Crippen molar-refractivity contribution in [3.8, 4) is 0 Å². The highest BCUT2D eigenvalue weighted by Gasteiger charge is 2.32. The van der Waals surface area contributed by atoms with E-state index in [0.29, 0.717) is 0 Å². The van der Waals surface area contributed by atoms with Crippen LogP contribution in [0.4, 0.5) is 0 Å². The minimum Gasteiger partial charge on any atom is -0.152 e. The van der Waals surface area contributed by atoms with Gasteiger partial charge in [-0.3, -0.25) is 0 Å². The van der Waals surface area contributed by atoms with E-state index in [-0.39, 0.29) is 0 Å². The van der Waals surface area contributed by atoms with Crippen LogP contribution in [0.2, 0.25) is 0 Å².